The van der Waals surface area contributed by atoms with Crippen LogP contribution >= 0.6 is 0 Å². The van der Waals surface area contributed by atoms with Gasteiger partial charge in [-0.05, 0) is 54.8 Å². The molecule has 2 rings (SSSR count). The molecule has 2 aromatic carbocycles. The topological polar surface area (TPSA) is 29.5 Å². The number of aryl methyl sites for hydroxylation is 1. The Labute approximate surface area is 159 Å². The zero-order chi connectivity index (χ0) is 19.5. The molecule has 0 N–H and O–H groups in total. The Bertz CT molecular complexity index is 789. The van der Waals surface area contributed by atoms with Gasteiger partial charge in [0, 0.05) is 13.1 Å². The van der Waals surface area contributed by atoms with Crippen molar-refractivity contribution in [2.24, 2.45) is 0 Å². The smallest absolute Gasteiger partial charge is 0.254 e. The van der Waals surface area contributed by atoms with Crippen molar-refractivity contribution in [1.82, 2.24) is 4.90 Å². The monoisotopic (exact) mass is 369 g/mol. The van der Waals surface area contributed by atoms with Crippen LogP contribution in [0.4, 0.5) is 0 Å². The first-order valence-corrected chi connectivity index (χ1v) is 12.8. The maximum Gasteiger partial charge on any atom is 0.254 e. The molecule has 0 bridgehead atoms. The van der Waals surface area contributed by atoms with Gasteiger partial charge < -0.3 is 9.64 Å². The van der Waals surface area contributed by atoms with Crippen LogP contribution in [0, 0.1) is 6.92 Å². The number of ether oxygens (including phenoxy) is 1. The summed E-state index contributed by atoms with van der Waals surface area (Å²) in [6.45, 7) is 14.4. The van der Waals surface area contributed by atoms with Crippen LogP contribution in [0.15, 0.2) is 36.4 Å². The molecule has 3 nitrogen and oxygen atoms in total. The SMILES string of the molecule is CCN(CC)C(=O)c1c(-c2ccccc2C)ccc(OC)c1[Si](C)(C)C. The molecule has 140 valence electrons. The first-order valence-electron chi connectivity index (χ1n) is 9.32. The number of carbonyl (C=O) groups excluding carboxylic acids is 1. The molecule has 0 radical (unpaired) electrons. The Morgan fingerprint density at radius 2 is 1.62 bits per heavy atom. The van der Waals surface area contributed by atoms with Crippen molar-refractivity contribution in [3.05, 3.63) is 47.5 Å². The molecule has 0 aliphatic rings. The summed E-state index contributed by atoms with van der Waals surface area (Å²) in [5, 5.41) is 1.11. The van der Waals surface area contributed by atoms with E-state index in [1.54, 1.807) is 7.11 Å². The summed E-state index contributed by atoms with van der Waals surface area (Å²) in [6, 6.07) is 12.3. The minimum atomic E-state index is -1.83. The van der Waals surface area contributed by atoms with Gasteiger partial charge in [-0.1, -0.05) is 43.9 Å². The summed E-state index contributed by atoms with van der Waals surface area (Å²) in [7, 11) is -0.139. The molecular weight excluding hydrogens is 338 g/mol. The van der Waals surface area contributed by atoms with Gasteiger partial charge in [-0.3, -0.25) is 4.79 Å². The van der Waals surface area contributed by atoms with Crippen molar-refractivity contribution in [3.8, 4) is 16.9 Å². The number of benzene rings is 2. The minimum Gasteiger partial charge on any atom is -0.497 e. The highest BCUT2D eigenvalue weighted by Gasteiger charge is 2.32. The van der Waals surface area contributed by atoms with Crippen LogP contribution in [0.3, 0.4) is 0 Å². The van der Waals surface area contributed by atoms with Crippen LogP contribution in [0.5, 0.6) is 5.75 Å². The highest BCUT2D eigenvalue weighted by atomic mass is 28.3. The van der Waals surface area contributed by atoms with E-state index in [0.29, 0.717) is 13.1 Å². The van der Waals surface area contributed by atoms with E-state index in [1.165, 1.54) is 5.56 Å². The molecule has 0 saturated heterocycles. The third-order valence-corrected chi connectivity index (χ3v) is 6.83. The number of methoxy groups -OCH3 is 1. The molecule has 0 atom stereocenters. The lowest BCUT2D eigenvalue weighted by Crippen LogP contribution is -2.45. The molecule has 0 unspecified atom stereocenters. The second-order valence-corrected chi connectivity index (χ2v) is 12.6. The number of hydrogen-bond donors (Lipinski definition) is 0. The van der Waals surface area contributed by atoms with Crippen molar-refractivity contribution in [2.45, 2.75) is 40.4 Å². The van der Waals surface area contributed by atoms with Gasteiger partial charge >= 0.3 is 0 Å². The van der Waals surface area contributed by atoms with E-state index in [4.69, 9.17) is 4.74 Å². The van der Waals surface area contributed by atoms with Gasteiger partial charge in [-0.2, -0.15) is 0 Å². The average Bonchev–Trinajstić information content (AvgIpc) is 2.61. The summed E-state index contributed by atoms with van der Waals surface area (Å²) >= 11 is 0. The highest BCUT2D eigenvalue weighted by molar-refractivity contribution is 6.90. The van der Waals surface area contributed by atoms with Crippen LogP contribution in [-0.4, -0.2) is 39.1 Å². The lowest BCUT2D eigenvalue weighted by atomic mass is 9.94. The first-order chi connectivity index (χ1) is 12.3. The zero-order valence-electron chi connectivity index (χ0n) is 17.1. The Hall–Kier alpha value is -2.07. The molecule has 26 heavy (non-hydrogen) atoms. The molecular formula is C22H31NO2Si. The Balaban J connectivity index is 2.89. The van der Waals surface area contributed by atoms with Crippen LogP contribution in [0.1, 0.15) is 29.8 Å². The van der Waals surface area contributed by atoms with E-state index in [9.17, 15) is 4.79 Å². The first kappa shape index (κ1) is 20.2. The van der Waals surface area contributed by atoms with E-state index in [0.717, 1.165) is 27.6 Å². The van der Waals surface area contributed by atoms with E-state index in [1.807, 2.05) is 43.0 Å². The van der Waals surface area contributed by atoms with Crippen LogP contribution in [0.25, 0.3) is 11.1 Å². The number of hydrogen-bond acceptors (Lipinski definition) is 2. The average molecular weight is 370 g/mol. The normalized spacial score (nSPS) is 11.3. The number of rotatable bonds is 6. The molecule has 2 aromatic rings. The number of carbonyl (C=O) groups is 1. The quantitative estimate of drug-likeness (QED) is 0.691. The van der Waals surface area contributed by atoms with Crippen LogP contribution in [-0.2, 0) is 0 Å². The summed E-state index contributed by atoms with van der Waals surface area (Å²) in [5.74, 6) is 0.932. The van der Waals surface area contributed by atoms with Crippen molar-refractivity contribution >= 4 is 19.2 Å². The summed E-state index contributed by atoms with van der Waals surface area (Å²) in [4.78, 5) is 15.4. The highest BCUT2D eigenvalue weighted by Crippen LogP contribution is 2.31. The number of nitrogens with zero attached hydrogens (tertiary/aromatic N) is 1. The minimum absolute atomic E-state index is 0.101. The summed E-state index contributed by atoms with van der Waals surface area (Å²) < 4.78 is 5.69. The van der Waals surface area contributed by atoms with Crippen molar-refractivity contribution in [3.63, 3.8) is 0 Å². The van der Waals surface area contributed by atoms with E-state index >= 15 is 0 Å². The molecule has 0 aliphatic carbocycles. The van der Waals surface area contributed by atoms with Crippen molar-refractivity contribution in [1.29, 1.82) is 0 Å². The van der Waals surface area contributed by atoms with E-state index < -0.39 is 8.07 Å². The fourth-order valence-corrected chi connectivity index (χ4v) is 5.41. The van der Waals surface area contributed by atoms with Crippen molar-refractivity contribution < 1.29 is 9.53 Å². The zero-order valence-corrected chi connectivity index (χ0v) is 18.1. The van der Waals surface area contributed by atoms with Gasteiger partial charge in [0.25, 0.3) is 5.91 Å². The van der Waals surface area contributed by atoms with E-state index in [-0.39, 0.29) is 5.91 Å². The van der Waals surface area contributed by atoms with Gasteiger partial charge in [0.05, 0.1) is 20.7 Å². The third kappa shape index (κ3) is 3.85. The second kappa shape index (κ2) is 8.08. The molecule has 0 aliphatic heterocycles. The van der Waals surface area contributed by atoms with Crippen LogP contribution < -0.4 is 9.92 Å². The molecule has 0 saturated carbocycles. The maximum absolute atomic E-state index is 13.5. The standard InChI is InChI=1S/C22H31NO2Si/c1-8-23(9-2)22(24)20-18(17-13-11-10-12-16(17)3)14-15-19(25-4)21(20)26(5,6)7/h10-15H,8-9H2,1-7H3. The molecule has 0 aromatic heterocycles. The summed E-state index contributed by atoms with van der Waals surface area (Å²) in [6.07, 6.45) is 0. The number of amides is 1. The molecule has 4 heteroatoms. The fourth-order valence-electron chi connectivity index (χ4n) is 3.49. The molecule has 0 heterocycles. The van der Waals surface area contributed by atoms with Crippen molar-refractivity contribution in [2.75, 3.05) is 20.2 Å². The Kier molecular flexibility index (Phi) is 6.29. The Morgan fingerprint density at radius 3 is 2.12 bits per heavy atom. The lowest BCUT2D eigenvalue weighted by Gasteiger charge is -2.29. The van der Waals surface area contributed by atoms with Gasteiger partial charge in [-0.25, -0.2) is 0 Å². The molecule has 1 amide bonds. The van der Waals surface area contributed by atoms with Gasteiger partial charge in [0.2, 0.25) is 0 Å². The largest absolute Gasteiger partial charge is 0.497 e. The van der Waals surface area contributed by atoms with Gasteiger partial charge in [-0.15, -0.1) is 0 Å². The summed E-state index contributed by atoms with van der Waals surface area (Å²) in [5.41, 5.74) is 4.12. The maximum atomic E-state index is 13.5. The molecule has 0 fully saturated rings. The van der Waals surface area contributed by atoms with Gasteiger partial charge in [0.1, 0.15) is 5.75 Å². The fraction of sp³-hybridized carbons (Fsp3) is 0.409. The van der Waals surface area contributed by atoms with Gasteiger partial charge in [0.15, 0.2) is 0 Å². The van der Waals surface area contributed by atoms with E-state index in [2.05, 4.69) is 38.7 Å². The Morgan fingerprint density at radius 1 is 1.00 bits per heavy atom. The van der Waals surface area contributed by atoms with Crippen LogP contribution in [0.2, 0.25) is 19.6 Å². The molecule has 0 spiro atoms. The lowest BCUT2D eigenvalue weighted by molar-refractivity contribution is 0.0774. The predicted octanol–water partition coefficient (Wildman–Crippen LogP) is 4.70. The third-order valence-electron chi connectivity index (χ3n) is 4.84. The predicted molar refractivity (Wildman–Crippen MR) is 113 cm³/mol. The second-order valence-electron chi connectivity index (χ2n) is 7.61.